The van der Waals surface area contributed by atoms with Gasteiger partial charge in [0.1, 0.15) is 5.82 Å². The van der Waals surface area contributed by atoms with E-state index in [0.29, 0.717) is 17.8 Å². The van der Waals surface area contributed by atoms with Gasteiger partial charge in [-0.25, -0.2) is 4.98 Å². The van der Waals surface area contributed by atoms with Crippen LogP contribution in [-0.4, -0.2) is 9.55 Å². The molecule has 0 N–H and O–H groups in total. The average molecular weight is 671 g/mol. The highest BCUT2D eigenvalue weighted by atomic mass is 15.1. The van der Waals surface area contributed by atoms with Crippen molar-refractivity contribution in [2.45, 2.75) is 99.3 Å². The molecule has 0 aliphatic heterocycles. The Kier molecular flexibility index (Phi) is 9.17. The van der Waals surface area contributed by atoms with Gasteiger partial charge in [0.2, 0.25) is 0 Å². The molecule has 0 amide bonds. The molecule has 1 heterocycles. The van der Waals surface area contributed by atoms with Crippen molar-refractivity contribution in [2.75, 3.05) is 0 Å². The fourth-order valence-corrected chi connectivity index (χ4v) is 8.93. The molecule has 1 aliphatic rings. The predicted molar refractivity (Wildman–Crippen MR) is 218 cm³/mol. The van der Waals surface area contributed by atoms with Gasteiger partial charge in [-0.3, -0.25) is 4.57 Å². The van der Waals surface area contributed by atoms with Crippen LogP contribution in [0, 0.1) is 33.6 Å². The van der Waals surface area contributed by atoms with E-state index in [0.717, 1.165) is 11.5 Å². The van der Waals surface area contributed by atoms with E-state index in [1.54, 1.807) is 0 Å². The van der Waals surface area contributed by atoms with Gasteiger partial charge >= 0.3 is 0 Å². The molecule has 7 rings (SSSR count). The molecule has 1 aliphatic carbocycles. The second kappa shape index (κ2) is 13.5. The maximum absolute atomic E-state index is 5.20. The van der Waals surface area contributed by atoms with Gasteiger partial charge < -0.3 is 0 Å². The highest BCUT2D eigenvalue weighted by Crippen LogP contribution is 2.58. The van der Waals surface area contributed by atoms with Crippen LogP contribution in [0.15, 0.2) is 103 Å². The summed E-state index contributed by atoms with van der Waals surface area (Å²) >= 11 is 0. The van der Waals surface area contributed by atoms with Crippen LogP contribution < -0.4 is 0 Å². The molecule has 51 heavy (non-hydrogen) atoms. The number of benzene rings is 5. The second-order valence-corrected chi connectivity index (χ2v) is 16.0. The summed E-state index contributed by atoms with van der Waals surface area (Å²) in [5.74, 6) is 2.53. The SMILES string of the molecule is CC[C@H]1CC1(C)c1ccc(-c2c(C(C)C)cccc2C(C)C)cc1-c1nccn1-c1cc(-c2c(C)cccc2C)cc(-c2c(C)cccc2C)c1. The van der Waals surface area contributed by atoms with Crippen LogP contribution in [0.25, 0.3) is 50.5 Å². The summed E-state index contributed by atoms with van der Waals surface area (Å²) in [5, 5.41) is 0. The number of imidazole rings is 1. The Balaban J connectivity index is 1.50. The number of aromatic nitrogens is 2. The van der Waals surface area contributed by atoms with Crippen molar-refractivity contribution < 1.29 is 0 Å². The van der Waals surface area contributed by atoms with Gasteiger partial charge in [0.25, 0.3) is 0 Å². The molecule has 0 spiro atoms. The zero-order chi connectivity index (χ0) is 36.2. The molecular weight excluding hydrogens is 617 g/mol. The lowest BCUT2D eigenvalue weighted by atomic mass is 9.82. The Morgan fingerprint density at radius 3 is 1.69 bits per heavy atom. The topological polar surface area (TPSA) is 17.8 Å². The third kappa shape index (κ3) is 6.18. The van der Waals surface area contributed by atoms with E-state index >= 15 is 0 Å². The maximum atomic E-state index is 5.20. The van der Waals surface area contributed by atoms with Crippen LogP contribution >= 0.6 is 0 Å². The van der Waals surface area contributed by atoms with Gasteiger partial charge in [-0.1, -0.05) is 115 Å². The number of nitrogens with zero attached hydrogens (tertiary/aromatic N) is 2. The van der Waals surface area contributed by atoms with E-state index in [4.69, 9.17) is 4.98 Å². The molecule has 260 valence electrons. The quantitative estimate of drug-likeness (QED) is 0.150. The summed E-state index contributed by atoms with van der Waals surface area (Å²) in [5.41, 5.74) is 19.7. The Hall–Kier alpha value is -4.69. The van der Waals surface area contributed by atoms with Crippen molar-refractivity contribution in [3.05, 3.63) is 142 Å². The molecular formula is C49H54N2. The van der Waals surface area contributed by atoms with E-state index < -0.39 is 0 Å². The fraction of sp³-hybridized carbons (Fsp3) is 0.327. The van der Waals surface area contributed by atoms with Gasteiger partial charge in [-0.2, -0.15) is 0 Å². The zero-order valence-electron chi connectivity index (χ0n) is 32.4. The third-order valence-electron chi connectivity index (χ3n) is 11.8. The molecule has 0 bridgehead atoms. The van der Waals surface area contributed by atoms with Crippen molar-refractivity contribution in [2.24, 2.45) is 5.92 Å². The lowest BCUT2D eigenvalue weighted by Crippen LogP contribution is -2.09. The van der Waals surface area contributed by atoms with E-state index in [9.17, 15) is 0 Å². The normalized spacial score (nSPS) is 17.1. The van der Waals surface area contributed by atoms with Crippen molar-refractivity contribution in [3.63, 3.8) is 0 Å². The molecule has 1 fully saturated rings. The summed E-state index contributed by atoms with van der Waals surface area (Å²) in [7, 11) is 0. The Morgan fingerprint density at radius 2 is 1.20 bits per heavy atom. The first kappa shape index (κ1) is 34.7. The molecule has 2 atom stereocenters. The van der Waals surface area contributed by atoms with Crippen molar-refractivity contribution in [3.8, 4) is 50.5 Å². The number of hydrogen-bond donors (Lipinski definition) is 0. The number of hydrogen-bond acceptors (Lipinski definition) is 1. The fourth-order valence-electron chi connectivity index (χ4n) is 8.93. The molecule has 2 nitrogen and oxygen atoms in total. The minimum absolute atomic E-state index is 0.140. The first-order valence-electron chi connectivity index (χ1n) is 19.0. The molecule has 1 unspecified atom stereocenters. The average Bonchev–Trinajstić information content (AvgIpc) is 3.53. The standard InChI is InChI=1S/C49H54N2/c1-11-39-29-49(39,10)44-22-21-36(47-41(30(2)3)19-14-20-42(47)31(4)5)28-43(44)48-50-23-24-51(48)40-26-37(45-32(6)15-12-16-33(45)7)25-38(27-40)46-34(8)17-13-18-35(46)9/h12-28,30-31,39H,11,29H2,1-10H3/t39-,49?/m0/s1. The van der Waals surface area contributed by atoms with E-state index in [1.807, 2.05) is 6.20 Å². The largest absolute Gasteiger partial charge is 0.300 e. The Labute approximate surface area is 306 Å². The van der Waals surface area contributed by atoms with Crippen LogP contribution in [0.4, 0.5) is 0 Å². The monoisotopic (exact) mass is 670 g/mol. The maximum Gasteiger partial charge on any atom is 0.144 e. The predicted octanol–water partition coefficient (Wildman–Crippen LogP) is 13.7. The molecule has 0 saturated heterocycles. The first-order valence-corrected chi connectivity index (χ1v) is 19.0. The summed E-state index contributed by atoms with van der Waals surface area (Å²) in [6.07, 6.45) is 6.56. The lowest BCUT2D eigenvalue weighted by Gasteiger charge is -2.23. The number of aryl methyl sites for hydroxylation is 4. The minimum Gasteiger partial charge on any atom is -0.300 e. The highest BCUT2D eigenvalue weighted by Gasteiger charge is 2.51. The summed E-state index contributed by atoms with van der Waals surface area (Å²) in [6, 6.07) is 34.6. The van der Waals surface area contributed by atoms with Crippen molar-refractivity contribution in [1.82, 2.24) is 9.55 Å². The van der Waals surface area contributed by atoms with Crippen molar-refractivity contribution in [1.29, 1.82) is 0 Å². The lowest BCUT2D eigenvalue weighted by molar-refractivity contribution is 0.643. The second-order valence-electron chi connectivity index (χ2n) is 16.0. The zero-order valence-corrected chi connectivity index (χ0v) is 32.4. The van der Waals surface area contributed by atoms with Gasteiger partial charge in [0.05, 0.1) is 0 Å². The third-order valence-corrected chi connectivity index (χ3v) is 11.8. The Morgan fingerprint density at radius 1 is 0.667 bits per heavy atom. The number of rotatable bonds is 9. The van der Waals surface area contributed by atoms with Gasteiger partial charge in [0, 0.05) is 23.6 Å². The van der Waals surface area contributed by atoms with Crippen LogP contribution in [0.5, 0.6) is 0 Å². The summed E-state index contributed by atoms with van der Waals surface area (Å²) < 4.78 is 2.35. The van der Waals surface area contributed by atoms with Crippen LogP contribution in [0.1, 0.15) is 105 Å². The molecule has 1 saturated carbocycles. The smallest absolute Gasteiger partial charge is 0.144 e. The molecule has 2 heteroatoms. The minimum atomic E-state index is 0.140. The molecule has 0 radical (unpaired) electrons. The summed E-state index contributed by atoms with van der Waals surface area (Å²) in [6.45, 7) is 23.0. The van der Waals surface area contributed by atoms with Gasteiger partial charge in [-0.05, 0) is 154 Å². The Bertz CT molecular complexity index is 2110. The molecule has 6 aromatic rings. The van der Waals surface area contributed by atoms with E-state index in [-0.39, 0.29) is 5.41 Å². The van der Waals surface area contributed by atoms with Crippen LogP contribution in [0.2, 0.25) is 0 Å². The van der Waals surface area contributed by atoms with Gasteiger partial charge in [0.15, 0.2) is 0 Å². The van der Waals surface area contributed by atoms with Gasteiger partial charge in [-0.15, -0.1) is 0 Å². The molecule has 5 aromatic carbocycles. The van der Waals surface area contributed by atoms with E-state index in [2.05, 4.69) is 171 Å². The first-order chi connectivity index (χ1) is 24.4. The van der Waals surface area contributed by atoms with E-state index in [1.165, 1.54) is 90.7 Å². The summed E-state index contributed by atoms with van der Waals surface area (Å²) in [4.78, 5) is 5.20. The van der Waals surface area contributed by atoms with Crippen molar-refractivity contribution >= 4 is 0 Å². The molecule has 1 aromatic heterocycles. The van der Waals surface area contributed by atoms with Crippen LogP contribution in [0.3, 0.4) is 0 Å². The van der Waals surface area contributed by atoms with Crippen LogP contribution in [-0.2, 0) is 5.41 Å². The highest BCUT2D eigenvalue weighted by molar-refractivity contribution is 5.83.